The third kappa shape index (κ3) is 3.33. The highest BCUT2D eigenvalue weighted by Gasteiger charge is 2.23. The number of nitrogens with one attached hydrogen (secondary N) is 1. The smallest absolute Gasteiger partial charge is 0.229 e. The molecular formula is C14H15NO3. The van der Waals surface area contributed by atoms with Crippen LogP contribution in [0.5, 0.6) is 0 Å². The minimum Gasteiger partial charge on any atom is -0.384 e. The predicted octanol–water partition coefficient (Wildman–Crippen LogP) is 1.01. The molecule has 1 aliphatic heterocycles. The van der Waals surface area contributed by atoms with Gasteiger partial charge in [0, 0.05) is 17.9 Å². The number of ether oxygens (including phenoxy) is 1. The Hall–Kier alpha value is -1.83. The number of amides is 1. The molecule has 1 amide bonds. The maximum Gasteiger partial charge on any atom is 0.229 e. The number of anilines is 1. The number of carbonyl (C=O) groups excluding carboxylic acids is 1. The topological polar surface area (TPSA) is 58.6 Å². The van der Waals surface area contributed by atoms with Crippen molar-refractivity contribution in [2.75, 3.05) is 25.1 Å². The Morgan fingerprint density at radius 2 is 2.44 bits per heavy atom. The van der Waals surface area contributed by atoms with Gasteiger partial charge in [-0.1, -0.05) is 17.9 Å². The largest absolute Gasteiger partial charge is 0.384 e. The number of aliphatic hydroxyl groups is 1. The summed E-state index contributed by atoms with van der Waals surface area (Å²) in [5.41, 5.74) is 1.49. The second-order valence-corrected chi connectivity index (χ2v) is 4.09. The summed E-state index contributed by atoms with van der Waals surface area (Å²) in [5, 5.41) is 11.5. The Kier molecular flexibility index (Phi) is 4.35. The fraction of sp³-hybridized carbons (Fsp3) is 0.357. The highest BCUT2D eigenvalue weighted by molar-refractivity contribution is 5.92. The second-order valence-electron chi connectivity index (χ2n) is 4.09. The molecule has 4 nitrogen and oxygen atoms in total. The van der Waals surface area contributed by atoms with Crippen molar-refractivity contribution in [3.05, 3.63) is 29.8 Å². The first-order valence-corrected chi connectivity index (χ1v) is 5.88. The molecule has 2 N–H and O–H groups in total. The quantitative estimate of drug-likeness (QED) is 0.764. The number of benzene rings is 1. The molecule has 0 radical (unpaired) electrons. The van der Waals surface area contributed by atoms with E-state index in [-0.39, 0.29) is 18.4 Å². The van der Waals surface area contributed by atoms with Gasteiger partial charge in [0.05, 0.1) is 12.5 Å². The lowest BCUT2D eigenvalue weighted by Gasteiger charge is -2.09. The second kappa shape index (κ2) is 6.20. The average molecular weight is 245 g/mol. The van der Waals surface area contributed by atoms with Gasteiger partial charge in [-0.15, -0.1) is 0 Å². The average Bonchev–Trinajstić information content (AvgIpc) is 2.91. The third-order valence-corrected chi connectivity index (χ3v) is 2.74. The van der Waals surface area contributed by atoms with Crippen LogP contribution in [-0.2, 0) is 9.53 Å². The Bertz CT molecular complexity index is 481. The zero-order chi connectivity index (χ0) is 12.8. The molecule has 18 heavy (non-hydrogen) atoms. The number of rotatable bonds is 2. The molecule has 0 aliphatic carbocycles. The molecule has 1 fully saturated rings. The van der Waals surface area contributed by atoms with Crippen LogP contribution in [-0.4, -0.2) is 30.8 Å². The molecule has 0 bridgehead atoms. The van der Waals surface area contributed by atoms with E-state index in [0.29, 0.717) is 13.2 Å². The fourth-order valence-electron chi connectivity index (χ4n) is 1.80. The van der Waals surface area contributed by atoms with E-state index in [2.05, 4.69) is 17.2 Å². The molecule has 0 saturated carbocycles. The molecule has 1 atom stereocenters. The van der Waals surface area contributed by atoms with Gasteiger partial charge in [-0.3, -0.25) is 4.79 Å². The molecule has 1 saturated heterocycles. The summed E-state index contributed by atoms with van der Waals surface area (Å²) < 4.78 is 5.18. The molecule has 1 aliphatic rings. The van der Waals surface area contributed by atoms with E-state index in [4.69, 9.17) is 9.84 Å². The van der Waals surface area contributed by atoms with E-state index in [1.165, 1.54) is 0 Å². The van der Waals surface area contributed by atoms with Gasteiger partial charge >= 0.3 is 0 Å². The van der Waals surface area contributed by atoms with Crippen molar-refractivity contribution >= 4 is 11.6 Å². The van der Waals surface area contributed by atoms with Crippen LogP contribution in [0.25, 0.3) is 0 Å². The third-order valence-electron chi connectivity index (χ3n) is 2.74. The predicted molar refractivity (Wildman–Crippen MR) is 68.0 cm³/mol. The Labute approximate surface area is 106 Å². The number of carbonyl (C=O) groups is 1. The standard InChI is InChI=1S/C14H15NO3/c16-7-2-4-11-3-1-5-13(9-11)15-14(17)12-6-8-18-10-12/h1,3,5,9,12,16H,6-8,10H2,(H,15,17). The molecule has 4 heteroatoms. The maximum atomic E-state index is 11.9. The van der Waals surface area contributed by atoms with Crippen LogP contribution in [0.3, 0.4) is 0 Å². The van der Waals surface area contributed by atoms with E-state index >= 15 is 0 Å². The maximum absolute atomic E-state index is 11.9. The van der Waals surface area contributed by atoms with Crippen LogP contribution in [0.15, 0.2) is 24.3 Å². The van der Waals surface area contributed by atoms with E-state index in [1.807, 2.05) is 18.2 Å². The zero-order valence-corrected chi connectivity index (χ0v) is 9.98. The molecule has 1 aromatic rings. The Morgan fingerprint density at radius 3 is 3.17 bits per heavy atom. The normalized spacial score (nSPS) is 17.9. The zero-order valence-electron chi connectivity index (χ0n) is 9.98. The Balaban J connectivity index is 2.02. The molecule has 1 heterocycles. The lowest BCUT2D eigenvalue weighted by Crippen LogP contribution is -2.22. The van der Waals surface area contributed by atoms with Crippen molar-refractivity contribution in [2.24, 2.45) is 5.92 Å². The number of hydrogen-bond acceptors (Lipinski definition) is 3. The first-order chi connectivity index (χ1) is 8.79. The molecule has 0 aromatic heterocycles. The number of aliphatic hydroxyl groups excluding tert-OH is 1. The SMILES string of the molecule is O=C(Nc1cccc(C#CCO)c1)C1CCOC1. The van der Waals surface area contributed by atoms with Crippen molar-refractivity contribution < 1.29 is 14.6 Å². The summed E-state index contributed by atoms with van der Waals surface area (Å²) in [6, 6.07) is 7.26. The van der Waals surface area contributed by atoms with Crippen molar-refractivity contribution in [1.29, 1.82) is 0 Å². The molecule has 2 rings (SSSR count). The van der Waals surface area contributed by atoms with Crippen LogP contribution < -0.4 is 5.32 Å². The summed E-state index contributed by atoms with van der Waals surface area (Å²) in [5.74, 6) is 5.30. The van der Waals surface area contributed by atoms with Gasteiger partial charge in [0.1, 0.15) is 6.61 Å². The monoisotopic (exact) mass is 245 g/mol. The summed E-state index contributed by atoms with van der Waals surface area (Å²) in [4.78, 5) is 11.9. The minimum absolute atomic E-state index is 0.0141. The Morgan fingerprint density at radius 1 is 1.56 bits per heavy atom. The van der Waals surface area contributed by atoms with Crippen LogP contribution in [0.4, 0.5) is 5.69 Å². The summed E-state index contributed by atoms with van der Waals surface area (Å²) in [6.07, 6.45) is 0.774. The summed E-state index contributed by atoms with van der Waals surface area (Å²) >= 11 is 0. The van der Waals surface area contributed by atoms with Crippen LogP contribution in [0, 0.1) is 17.8 Å². The summed E-state index contributed by atoms with van der Waals surface area (Å²) in [7, 11) is 0. The van der Waals surface area contributed by atoms with E-state index in [1.54, 1.807) is 6.07 Å². The number of hydrogen-bond donors (Lipinski definition) is 2. The van der Waals surface area contributed by atoms with Gasteiger partial charge in [-0.2, -0.15) is 0 Å². The van der Waals surface area contributed by atoms with Crippen molar-refractivity contribution in [2.45, 2.75) is 6.42 Å². The lowest BCUT2D eigenvalue weighted by molar-refractivity contribution is -0.119. The van der Waals surface area contributed by atoms with Crippen molar-refractivity contribution in [1.82, 2.24) is 0 Å². The van der Waals surface area contributed by atoms with Gasteiger partial charge in [0.25, 0.3) is 0 Å². The van der Waals surface area contributed by atoms with E-state index in [9.17, 15) is 4.79 Å². The van der Waals surface area contributed by atoms with Crippen LogP contribution in [0.2, 0.25) is 0 Å². The first-order valence-electron chi connectivity index (χ1n) is 5.88. The van der Waals surface area contributed by atoms with E-state index < -0.39 is 0 Å². The van der Waals surface area contributed by atoms with Crippen molar-refractivity contribution in [3.8, 4) is 11.8 Å². The van der Waals surface area contributed by atoms with Crippen molar-refractivity contribution in [3.63, 3.8) is 0 Å². The molecule has 0 spiro atoms. The highest BCUT2D eigenvalue weighted by atomic mass is 16.5. The lowest BCUT2D eigenvalue weighted by atomic mass is 10.1. The van der Waals surface area contributed by atoms with Gasteiger partial charge in [-0.05, 0) is 24.6 Å². The van der Waals surface area contributed by atoms with Crippen LogP contribution >= 0.6 is 0 Å². The van der Waals surface area contributed by atoms with Gasteiger partial charge < -0.3 is 15.2 Å². The molecule has 1 unspecified atom stereocenters. The first kappa shape index (κ1) is 12.6. The van der Waals surface area contributed by atoms with Gasteiger partial charge in [0.2, 0.25) is 5.91 Å². The summed E-state index contributed by atoms with van der Waals surface area (Å²) in [6.45, 7) is 0.978. The molecule has 94 valence electrons. The molecular weight excluding hydrogens is 230 g/mol. The van der Waals surface area contributed by atoms with Gasteiger partial charge in [0.15, 0.2) is 0 Å². The minimum atomic E-state index is -0.171. The van der Waals surface area contributed by atoms with Gasteiger partial charge in [-0.25, -0.2) is 0 Å². The highest BCUT2D eigenvalue weighted by Crippen LogP contribution is 2.16. The fourth-order valence-corrected chi connectivity index (χ4v) is 1.80. The molecule has 1 aromatic carbocycles. The van der Waals surface area contributed by atoms with Crippen LogP contribution in [0.1, 0.15) is 12.0 Å². The van der Waals surface area contributed by atoms with E-state index in [0.717, 1.165) is 17.7 Å².